The fourth-order valence-electron chi connectivity index (χ4n) is 2.96. The van der Waals surface area contributed by atoms with Gasteiger partial charge in [0.15, 0.2) is 0 Å². The van der Waals surface area contributed by atoms with Crippen LogP contribution in [0.1, 0.15) is 10.4 Å². The van der Waals surface area contributed by atoms with Gasteiger partial charge in [-0.25, -0.2) is 4.98 Å². The molecule has 2 aromatic rings. The van der Waals surface area contributed by atoms with Crippen molar-refractivity contribution in [3.8, 4) is 11.6 Å². The van der Waals surface area contributed by atoms with E-state index in [1.807, 2.05) is 0 Å². The molecule has 1 aromatic carbocycles. The smallest absolute Gasteiger partial charge is 0.262 e. The summed E-state index contributed by atoms with van der Waals surface area (Å²) in [6, 6.07) is 10.4. The molecule has 2 amide bonds. The Morgan fingerprint density at radius 3 is 2.76 bits per heavy atom. The zero-order valence-electron chi connectivity index (χ0n) is 13.6. The Hall–Kier alpha value is -2.93. The first-order valence-corrected chi connectivity index (χ1v) is 8.13. The molecule has 7 heteroatoms. The van der Waals surface area contributed by atoms with Crippen molar-refractivity contribution in [2.24, 2.45) is 0 Å². The molecule has 0 spiro atoms. The number of carbonyl (C=O) groups excluding carboxylic acids is 2. The van der Waals surface area contributed by atoms with Crippen LogP contribution in [0.2, 0.25) is 0 Å². The highest BCUT2D eigenvalue weighted by Crippen LogP contribution is 2.36. The van der Waals surface area contributed by atoms with Gasteiger partial charge in [0.25, 0.3) is 5.91 Å². The van der Waals surface area contributed by atoms with Gasteiger partial charge in [0, 0.05) is 19.3 Å². The number of rotatable bonds is 2. The maximum Gasteiger partial charge on any atom is 0.262 e. The fourth-order valence-corrected chi connectivity index (χ4v) is 2.96. The maximum absolute atomic E-state index is 13.0. The van der Waals surface area contributed by atoms with Crippen molar-refractivity contribution < 1.29 is 19.1 Å². The van der Waals surface area contributed by atoms with E-state index in [1.54, 1.807) is 47.5 Å². The second-order valence-corrected chi connectivity index (χ2v) is 5.81. The molecule has 1 aromatic heterocycles. The molecule has 0 aliphatic carbocycles. The minimum absolute atomic E-state index is 0.0603. The van der Waals surface area contributed by atoms with Gasteiger partial charge in [0.2, 0.25) is 11.8 Å². The molecule has 3 heterocycles. The molecule has 0 atom stereocenters. The summed E-state index contributed by atoms with van der Waals surface area (Å²) >= 11 is 0. The number of fused-ring (bicyclic) bond motifs is 2. The first-order chi connectivity index (χ1) is 12.2. The second kappa shape index (κ2) is 6.52. The van der Waals surface area contributed by atoms with Gasteiger partial charge in [-0.3, -0.25) is 14.5 Å². The van der Waals surface area contributed by atoms with E-state index in [0.29, 0.717) is 49.2 Å². The molecular formula is C18H17N3O4. The second-order valence-electron chi connectivity index (χ2n) is 5.81. The van der Waals surface area contributed by atoms with Crippen molar-refractivity contribution in [1.82, 2.24) is 9.88 Å². The van der Waals surface area contributed by atoms with Crippen LogP contribution in [0.3, 0.4) is 0 Å². The van der Waals surface area contributed by atoms with Crippen LogP contribution in [0.25, 0.3) is 0 Å². The Bertz CT molecular complexity index is 817. The van der Waals surface area contributed by atoms with Crippen LogP contribution in [0, 0.1) is 0 Å². The van der Waals surface area contributed by atoms with Crippen LogP contribution in [-0.4, -0.2) is 54.5 Å². The lowest BCUT2D eigenvalue weighted by Crippen LogP contribution is -2.47. The van der Waals surface area contributed by atoms with Crippen molar-refractivity contribution in [2.45, 2.75) is 0 Å². The number of aromatic nitrogens is 1. The third kappa shape index (κ3) is 2.94. The number of anilines is 1. The van der Waals surface area contributed by atoms with E-state index in [4.69, 9.17) is 9.47 Å². The molecule has 1 saturated heterocycles. The Balaban J connectivity index is 1.69. The van der Waals surface area contributed by atoms with Crippen LogP contribution in [0.4, 0.5) is 5.69 Å². The van der Waals surface area contributed by atoms with E-state index in [9.17, 15) is 9.59 Å². The maximum atomic E-state index is 13.0. The molecule has 0 radical (unpaired) electrons. The molecule has 0 saturated carbocycles. The van der Waals surface area contributed by atoms with Crippen LogP contribution in [0.5, 0.6) is 11.6 Å². The fraction of sp³-hybridized carbons (Fsp3) is 0.278. The number of para-hydroxylation sites is 1. The third-order valence-corrected chi connectivity index (χ3v) is 4.27. The Morgan fingerprint density at radius 2 is 1.92 bits per heavy atom. The first-order valence-electron chi connectivity index (χ1n) is 8.13. The SMILES string of the molecule is O=C(CN1C(=O)c2ccccc2Oc2ncccc21)N1CCOCC1. The standard InChI is InChI=1S/C18H17N3O4/c22-16(20-8-10-24-11-9-20)12-21-14-5-3-7-19-17(14)25-15-6-2-1-4-13(15)18(21)23/h1-7H,8-12H2. The molecule has 2 aliphatic rings. The van der Waals surface area contributed by atoms with Crippen LogP contribution >= 0.6 is 0 Å². The number of ether oxygens (including phenoxy) is 2. The van der Waals surface area contributed by atoms with Crippen molar-refractivity contribution in [3.05, 3.63) is 48.2 Å². The van der Waals surface area contributed by atoms with E-state index >= 15 is 0 Å². The molecule has 128 valence electrons. The van der Waals surface area contributed by atoms with Crippen molar-refractivity contribution >= 4 is 17.5 Å². The molecule has 0 N–H and O–H groups in total. The predicted octanol–water partition coefficient (Wildman–Crippen LogP) is 1.69. The van der Waals surface area contributed by atoms with Crippen LogP contribution in [-0.2, 0) is 9.53 Å². The number of hydrogen-bond acceptors (Lipinski definition) is 5. The number of pyridine rings is 1. The van der Waals surface area contributed by atoms with Gasteiger partial charge in [-0.1, -0.05) is 12.1 Å². The minimum Gasteiger partial charge on any atom is -0.436 e. The number of nitrogens with zero attached hydrogens (tertiary/aromatic N) is 3. The van der Waals surface area contributed by atoms with Crippen LogP contribution in [0.15, 0.2) is 42.6 Å². The highest BCUT2D eigenvalue weighted by molar-refractivity contribution is 6.11. The lowest BCUT2D eigenvalue weighted by Gasteiger charge is -2.29. The number of amides is 2. The summed E-state index contributed by atoms with van der Waals surface area (Å²) in [7, 11) is 0. The summed E-state index contributed by atoms with van der Waals surface area (Å²) in [4.78, 5) is 33.1. The molecule has 1 fully saturated rings. The van der Waals surface area contributed by atoms with E-state index in [0.717, 1.165) is 0 Å². The molecule has 7 nitrogen and oxygen atoms in total. The summed E-state index contributed by atoms with van der Waals surface area (Å²) in [6.45, 7) is 2.05. The lowest BCUT2D eigenvalue weighted by molar-refractivity contribution is -0.133. The highest BCUT2D eigenvalue weighted by atomic mass is 16.5. The van der Waals surface area contributed by atoms with Gasteiger partial charge in [-0.05, 0) is 24.3 Å². The van der Waals surface area contributed by atoms with E-state index in [1.165, 1.54) is 4.90 Å². The molecule has 0 bridgehead atoms. The molecule has 0 unspecified atom stereocenters. The summed E-state index contributed by atoms with van der Waals surface area (Å²) in [6.07, 6.45) is 1.60. The van der Waals surface area contributed by atoms with Gasteiger partial charge >= 0.3 is 0 Å². The average Bonchev–Trinajstić information content (AvgIpc) is 2.78. The number of benzene rings is 1. The van der Waals surface area contributed by atoms with E-state index in [-0.39, 0.29) is 18.4 Å². The molecule has 2 aliphatic heterocycles. The summed E-state index contributed by atoms with van der Waals surface area (Å²) in [5.74, 6) is 0.360. The highest BCUT2D eigenvalue weighted by Gasteiger charge is 2.31. The monoisotopic (exact) mass is 339 g/mol. The molecule has 25 heavy (non-hydrogen) atoms. The third-order valence-electron chi connectivity index (χ3n) is 4.27. The van der Waals surface area contributed by atoms with Crippen molar-refractivity contribution in [1.29, 1.82) is 0 Å². The Kier molecular flexibility index (Phi) is 4.07. The largest absolute Gasteiger partial charge is 0.436 e. The van der Waals surface area contributed by atoms with E-state index in [2.05, 4.69) is 4.98 Å². The zero-order valence-corrected chi connectivity index (χ0v) is 13.6. The Morgan fingerprint density at radius 1 is 1.12 bits per heavy atom. The van der Waals surface area contributed by atoms with Gasteiger partial charge < -0.3 is 14.4 Å². The van der Waals surface area contributed by atoms with Crippen molar-refractivity contribution in [2.75, 3.05) is 37.7 Å². The first kappa shape index (κ1) is 15.6. The normalized spacial score (nSPS) is 16.6. The van der Waals surface area contributed by atoms with Gasteiger partial charge in [-0.15, -0.1) is 0 Å². The Labute approximate surface area is 144 Å². The van der Waals surface area contributed by atoms with E-state index < -0.39 is 0 Å². The molecular weight excluding hydrogens is 322 g/mol. The topological polar surface area (TPSA) is 72.0 Å². The van der Waals surface area contributed by atoms with Gasteiger partial charge in [-0.2, -0.15) is 0 Å². The zero-order chi connectivity index (χ0) is 17.2. The number of hydrogen-bond donors (Lipinski definition) is 0. The predicted molar refractivity (Wildman–Crippen MR) is 89.8 cm³/mol. The lowest BCUT2D eigenvalue weighted by atomic mass is 10.1. The summed E-state index contributed by atoms with van der Waals surface area (Å²) in [5, 5.41) is 0. The molecule has 4 rings (SSSR count). The van der Waals surface area contributed by atoms with Crippen molar-refractivity contribution in [3.63, 3.8) is 0 Å². The number of morpholine rings is 1. The average molecular weight is 339 g/mol. The number of carbonyl (C=O) groups is 2. The summed E-state index contributed by atoms with van der Waals surface area (Å²) in [5.41, 5.74) is 0.903. The van der Waals surface area contributed by atoms with Gasteiger partial charge in [0.1, 0.15) is 18.0 Å². The van der Waals surface area contributed by atoms with Gasteiger partial charge in [0.05, 0.1) is 18.8 Å². The quantitative estimate of drug-likeness (QED) is 0.833. The minimum atomic E-state index is -0.274. The summed E-state index contributed by atoms with van der Waals surface area (Å²) < 4.78 is 11.1. The van der Waals surface area contributed by atoms with Crippen LogP contribution < -0.4 is 9.64 Å².